The fraction of sp³-hybridized carbons (Fsp3) is 0.419. The number of hydrogen-bond acceptors (Lipinski definition) is 5. The standard InChI is InChI=1S/C31H39NO3S2/c1-20(16-25-12-13-27(37-25)30(34)32-15-14-28(33)35-7)19-36-26-17-21(2)29(22(3)18-26)23-8-10-24(11-9-23)31(4,5)6/h8-13,17-18,20H,14-16,19H2,1-7H3,(H,32,34). The number of carbonyl (C=O) groups excluding carboxylic acids is 2. The van der Waals surface area contributed by atoms with Gasteiger partial charge in [0.1, 0.15) is 0 Å². The van der Waals surface area contributed by atoms with Crippen molar-refractivity contribution in [1.29, 1.82) is 0 Å². The van der Waals surface area contributed by atoms with Gasteiger partial charge in [-0.05, 0) is 83.7 Å². The molecule has 3 rings (SSSR count). The number of ether oxygens (including phenoxy) is 1. The van der Waals surface area contributed by atoms with Crippen LogP contribution in [0.1, 0.15) is 65.4 Å². The Labute approximate surface area is 230 Å². The third-order valence-corrected chi connectivity index (χ3v) is 8.77. The molecule has 0 radical (unpaired) electrons. The van der Waals surface area contributed by atoms with E-state index in [0.717, 1.165) is 12.2 Å². The highest BCUT2D eigenvalue weighted by Gasteiger charge is 2.16. The highest BCUT2D eigenvalue weighted by molar-refractivity contribution is 7.99. The minimum atomic E-state index is -0.326. The third-order valence-electron chi connectivity index (χ3n) is 6.36. The molecule has 0 saturated carbocycles. The van der Waals surface area contributed by atoms with Crippen LogP contribution in [0.25, 0.3) is 11.1 Å². The number of thiophene rings is 1. The van der Waals surface area contributed by atoms with E-state index in [1.54, 1.807) is 0 Å². The van der Waals surface area contributed by atoms with Crippen molar-refractivity contribution in [3.8, 4) is 11.1 Å². The fourth-order valence-corrected chi connectivity index (χ4v) is 6.52. The first kappa shape index (κ1) is 29.0. The molecule has 1 heterocycles. The van der Waals surface area contributed by atoms with Crippen molar-refractivity contribution < 1.29 is 14.3 Å². The van der Waals surface area contributed by atoms with Crippen LogP contribution in [0, 0.1) is 19.8 Å². The van der Waals surface area contributed by atoms with E-state index >= 15 is 0 Å². The summed E-state index contributed by atoms with van der Waals surface area (Å²) in [6.45, 7) is 13.7. The van der Waals surface area contributed by atoms with Crippen LogP contribution in [0.4, 0.5) is 0 Å². The number of rotatable bonds is 10. The van der Waals surface area contributed by atoms with Gasteiger partial charge in [0, 0.05) is 22.1 Å². The van der Waals surface area contributed by atoms with Crippen LogP contribution in [0.2, 0.25) is 0 Å². The summed E-state index contributed by atoms with van der Waals surface area (Å²) in [6, 6.07) is 17.5. The van der Waals surface area contributed by atoms with Gasteiger partial charge in [0.2, 0.25) is 0 Å². The Morgan fingerprint density at radius 1 is 1.03 bits per heavy atom. The molecule has 0 saturated heterocycles. The molecule has 1 atom stereocenters. The second-order valence-corrected chi connectivity index (χ2v) is 13.0. The fourth-order valence-electron chi connectivity index (χ4n) is 4.32. The summed E-state index contributed by atoms with van der Waals surface area (Å²) in [4.78, 5) is 26.7. The number of carbonyl (C=O) groups is 2. The van der Waals surface area contributed by atoms with Crippen molar-refractivity contribution in [3.05, 3.63) is 75.0 Å². The lowest BCUT2D eigenvalue weighted by Gasteiger charge is -2.20. The molecule has 0 bridgehead atoms. The number of esters is 1. The van der Waals surface area contributed by atoms with E-state index in [-0.39, 0.29) is 30.3 Å². The molecule has 4 nitrogen and oxygen atoms in total. The third kappa shape index (κ3) is 8.21. The Kier molecular flexibility index (Phi) is 10.0. The van der Waals surface area contributed by atoms with E-state index in [4.69, 9.17) is 0 Å². The Bertz CT molecular complexity index is 1200. The number of benzene rings is 2. The topological polar surface area (TPSA) is 55.4 Å². The second-order valence-electron chi connectivity index (χ2n) is 10.7. The predicted molar refractivity (Wildman–Crippen MR) is 157 cm³/mol. The molecule has 1 N–H and O–H groups in total. The lowest BCUT2D eigenvalue weighted by atomic mass is 9.85. The van der Waals surface area contributed by atoms with Crippen molar-refractivity contribution in [2.75, 3.05) is 19.4 Å². The molecular weight excluding hydrogens is 498 g/mol. The van der Waals surface area contributed by atoms with Crippen molar-refractivity contribution >= 4 is 35.0 Å². The summed E-state index contributed by atoms with van der Waals surface area (Å²) in [6.07, 6.45) is 1.11. The molecule has 0 aliphatic heterocycles. The largest absolute Gasteiger partial charge is 0.469 e. The SMILES string of the molecule is COC(=O)CCNC(=O)c1ccc(CC(C)CSc2cc(C)c(-c3ccc(C(C)(C)C)cc3)c(C)c2)s1. The Morgan fingerprint density at radius 3 is 2.27 bits per heavy atom. The molecule has 0 aliphatic carbocycles. The summed E-state index contributed by atoms with van der Waals surface area (Å²) >= 11 is 3.42. The van der Waals surface area contributed by atoms with Crippen LogP contribution in [-0.4, -0.2) is 31.3 Å². The first-order chi connectivity index (χ1) is 17.5. The summed E-state index contributed by atoms with van der Waals surface area (Å²) in [5.74, 6) is 1.02. The molecule has 0 aliphatic rings. The van der Waals surface area contributed by atoms with Crippen molar-refractivity contribution in [1.82, 2.24) is 5.32 Å². The highest BCUT2D eigenvalue weighted by Crippen LogP contribution is 2.34. The zero-order valence-corrected chi connectivity index (χ0v) is 24.7. The van der Waals surface area contributed by atoms with Crippen LogP contribution in [-0.2, 0) is 21.4 Å². The van der Waals surface area contributed by atoms with Gasteiger partial charge in [-0.2, -0.15) is 0 Å². The van der Waals surface area contributed by atoms with Crippen molar-refractivity contribution in [3.63, 3.8) is 0 Å². The minimum Gasteiger partial charge on any atom is -0.469 e. The Morgan fingerprint density at radius 2 is 1.68 bits per heavy atom. The number of methoxy groups -OCH3 is 1. The first-order valence-corrected chi connectivity index (χ1v) is 14.6. The van der Waals surface area contributed by atoms with E-state index < -0.39 is 0 Å². The average Bonchev–Trinajstić information content (AvgIpc) is 3.30. The van der Waals surface area contributed by atoms with E-state index in [1.807, 2.05) is 23.9 Å². The van der Waals surface area contributed by atoms with Gasteiger partial charge >= 0.3 is 5.97 Å². The lowest BCUT2D eigenvalue weighted by Crippen LogP contribution is -2.25. The van der Waals surface area contributed by atoms with Crippen LogP contribution < -0.4 is 5.32 Å². The van der Waals surface area contributed by atoms with Gasteiger partial charge in [-0.15, -0.1) is 23.1 Å². The lowest BCUT2D eigenvalue weighted by molar-refractivity contribution is -0.140. The minimum absolute atomic E-state index is 0.138. The smallest absolute Gasteiger partial charge is 0.307 e. The molecule has 0 spiro atoms. The first-order valence-electron chi connectivity index (χ1n) is 12.8. The maximum atomic E-state index is 12.3. The molecule has 1 amide bonds. The number of amides is 1. The molecule has 1 unspecified atom stereocenters. The van der Waals surface area contributed by atoms with E-state index in [1.165, 1.54) is 56.0 Å². The van der Waals surface area contributed by atoms with Gasteiger partial charge in [0.25, 0.3) is 5.91 Å². The van der Waals surface area contributed by atoms with Crippen LogP contribution >= 0.6 is 23.1 Å². The van der Waals surface area contributed by atoms with Crippen molar-refractivity contribution in [2.45, 2.75) is 64.7 Å². The molecular formula is C31H39NO3S2. The van der Waals surface area contributed by atoms with Gasteiger partial charge < -0.3 is 10.1 Å². The van der Waals surface area contributed by atoms with Gasteiger partial charge in [0.15, 0.2) is 0 Å². The second kappa shape index (κ2) is 12.8. The van der Waals surface area contributed by atoms with Crippen molar-refractivity contribution in [2.24, 2.45) is 5.92 Å². The molecule has 198 valence electrons. The number of hydrogen-bond donors (Lipinski definition) is 1. The molecule has 3 aromatic rings. The number of aryl methyl sites for hydroxylation is 2. The maximum Gasteiger partial charge on any atom is 0.307 e. The summed E-state index contributed by atoms with van der Waals surface area (Å²) in [5, 5.41) is 2.78. The maximum absolute atomic E-state index is 12.3. The van der Waals surface area contributed by atoms with Gasteiger partial charge in [-0.3, -0.25) is 9.59 Å². The van der Waals surface area contributed by atoms with E-state index in [2.05, 4.69) is 88.0 Å². The molecule has 1 aromatic heterocycles. The number of nitrogens with one attached hydrogen (secondary N) is 1. The van der Waals surface area contributed by atoms with Gasteiger partial charge in [0.05, 0.1) is 18.4 Å². The average molecular weight is 538 g/mol. The zero-order valence-electron chi connectivity index (χ0n) is 23.1. The summed E-state index contributed by atoms with van der Waals surface area (Å²) in [7, 11) is 1.35. The van der Waals surface area contributed by atoms with Gasteiger partial charge in [-0.1, -0.05) is 52.0 Å². The predicted octanol–water partition coefficient (Wildman–Crippen LogP) is 7.59. The van der Waals surface area contributed by atoms with E-state index in [9.17, 15) is 9.59 Å². The molecule has 37 heavy (non-hydrogen) atoms. The highest BCUT2D eigenvalue weighted by atomic mass is 32.2. The van der Waals surface area contributed by atoms with Gasteiger partial charge in [-0.25, -0.2) is 0 Å². The van der Waals surface area contributed by atoms with Crippen LogP contribution in [0.3, 0.4) is 0 Å². The molecule has 2 aromatic carbocycles. The van der Waals surface area contributed by atoms with Crippen LogP contribution in [0.15, 0.2) is 53.4 Å². The Hall–Kier alpha value is -2.57. The normalized spacial score (nSPS) is 12.3. The van der Waals surface area contributed by atoms with E-state index in [0.29, 0.717) is 10.8 Å². The molecule has 6 heteroatoms. The zero-order chi connectivity index (χ0) is 27.2. The Balaban J connectivity index is 1.56. The van der Waals surface area contributed by atoms with Crippen LogP contribution in [0.5, 0.6) is 0 Å². The monoisotopic (exact) mass is 537 g/mol. The number of thioether (sulfide) groups is 1. The molecule has 0 fully saturated rings. The summed E-state index contributed by atoms with van der Waals surface area (Å²) < 4.78 is 4.60. The summed E-state index contributed by atoms with van der Waals surface area (Å²) in [5.41, 5.74) is 6.72. The quantitative estimate of drug-likeness (QED) is 0.214.